The molecule has 0 aromatic heterocycles. The van der Waals surface area contributed by atoms with E-state index in [-0.39, 0.29) is 18.0 Å². The number of ether oxygens (including phenoxy) is 3. The number of nitro groups is 1. The van der Waals surface area contributed by atoms with Crippen molar-refractivity contribution in [1.82, 2.24) is 5.32 Å². The number of anilines is 1. The molecule has 1 fully saturated rings. The highest BCUT2D eigenvalue weighted by molar-refractivity contribution is 5.85. The minimum absolute atomic E-state index is 0.120. The molecule has 1 aromatic rings. The molecule has 7 N–H and O–H groups in total. The monoisotopic (exact) mass is 1010 g/mol. The third kappa shape index (κ3) is 32.5. The van der Waals surface area contributed by atoms with Crippen molar-refractivity contribution in [2.75, 3.05) is 25.1 Å². The zero-order valence-corrected chi connectivity index (χ0v) is 44.8. The molecule has 2 rings (SSSR count). The Bertz CT molecular complexity index is 1410. The molecule has 0 aliphatic carbocycles. The molecule has 1 saturated heterocycles. The van der Waals surface area contributed by atoms with Crippen LogP contribution in [0.2, 0.25) is 0 Å². The lowest BCUT2D eigenvalue weighted by molar-refractivity contribution is -0.384. The SMILES string of the molecule is CCCCCCCCCCCCCCCCCCCCCCCCCCN[C@@H](CO[C@H]1O[C@H](COC(=O)Nc2cccc([N+](=O)[O-])c2)[C@H](O)[C@H](O)[C@H]1O)[C@H](O)[C@H](O)CCCCCCCCCCCCCC. The zero-order valence-electron chi connectivity index (χ0n) is 44.8. The number of rotatable bonds is 48. The van der Waals surface area contributed by atoms with Gasteiger partial charge in [-0.05, 0) is 25.5 Å². The molecule has 0 saturated carbocycles. The number of aliphatic hydroxyl groups is 5. The molecule has 1 aliphatic heterocycles. The fourth-order valence-electron chi connectivity index (χ4n) is 9.69. The van der Waals surface area contributed by atoms with Gasteiger partial charge >= 0.3 is 6.09 Å². The van der Waals surface area contributed by atoms with Gasteiger partial charge in [0.1, 0.15) is 31.0 Å². The predicted molar refractivity (Wildman–Crippen MR) is 287 cm³/mol. The Kier molecular flexibility index (Phi) is 40.0. The van der Waals surface area contributed by atoms with Gasteiger partial charge in [-0.15, -0.1) is 0 Å². The summed E-state index contributed by atoms with van der Waals surface area (Å²) in [5, 5.41) is 71.6. The van der Waals surface area contributed by atoms with Crippen LogP contribution in [-0.4, -0.2) is 105 Å². The average molecular weight is 1010 g/mol. The summed E-state index contributed by atoms with van der Waals surface area (Å²) in [6, 6.07) is 4.57. The highest BCUT2D eigenvalue weighted by Gasteiger charge is 2.45. The van der Waals surface area contributed by atoms with Crippen molar-refractivity contribution in [3.63, 3.8) is 0 Å². The van der Waals surface area contributed by atoms with Gasteiger partial charge < -0.3 is 45.1 Å². The summed E-state index contributed by atoms with van der Waals surface area (Å²) in [4.78, 5) is 23.0. The van der Waals surface area contributed by atoms with Gasteiger partial charge in [-0.2, -0.15) is 0 Å². The standard InChI is InChI=1S/C57H105N3O11/c1-3-5-7-9-11-13-15-17-18-19-20-21-22-23-24-25-26-27-28-30-32-34-36-38-43-58-49(52(62)50(61)42-37-35-33-31-29-16-14-12-10-8-6-4-2)45-69-56-55(65)54(64)53(63)51(71-56)46-70-57(66)59-47-40-39-41-48(44-47)60(67)68/h39-41,44,49-56,58,61-65H,3-38,42-43,45-46H2,1-2H3,(H,59,66)/t49-,50+,51+,52-,53-,54-,55+,56-/m0/s1. The topological polar surface area (TPSA) is 213 Å². The van der Waals surface area contributed by atoms with Crippen LogP contribution in [0.1, 0.15) is 251 Å². The van der Waals surface area contributed by atoms with Gasteiger partial charge in [0.25, 0.3) is 5.69 Å². The average Bonchev–Trinajstić information content (AvgIpc) is 3.36. The fourth-order valence-corrected chi connectivity index (χ4v) is 9.69. The number of non-ortho nitro benzene ring substituents is 1. The molecule has 0 spiro atoms. The summed E-state index contributed by atoms with van der Waals surface area (Å²) in [5.74, 6) is 0. The number of nitrogens with zero attached hydrogens (tertiary/aromatic N) is 1. The lowest BCUT2D eigenvalue weighted by Gasteiger charge is -2.40. The molecule has 1 aliphatic rings. The van der Waals surface area contributed by atoms with E-state index in [0.717, 1.165) is 44.6 Å². The second kappa shape index (κ2) is 43.9. The summed E-state index contributed by atoms with van der Waals surface area (Å²) >= 11 is 0. The van der Waals surface area contributed by atoms with Crippen molar-refractivity contribution in [2.24, 2.45) is 0 Å². The van der Waals surface area contributed by atoms with E-state index in [1.54, 1.807) is 0 Å². The Morgan fingerprint density at radius 3 is 1.48 bits per heavy atom. The maximum absolute atomic E-state index is 12.5. The van der Waals surface area contributed by atoms with Gasteiger partial charge in [0.2, 0.25) is 0 Å². The van der Waals surface area contributed by atoms with Gasteiger partial charge in [-0.1, -0.05) is 245 Å². The molecule has 1 heterocycles. The van der Waals surface area contributed by atoms with Crippen LogP contribution in [0, 0.1) is 10.1 Å². The van der Waals surface area contributed by atoms with E-state index >= 15 is 0 Å². The van der Waals surface area contributed by atoms with E-state index in [4.69, 9.17) is 14.2 Å². The number of aliphatic hydroxyl groups excluding tert-OH is 5. The van der Waals surface area contributed by atoms with Crippen molar-refractivity contribution < 1.29 is 49.5 Å². The van der Waals surface area contributed by atoms with Crippen LogP contribution >= 0.6 is 0 Å². The van der Waals surface area contributed by atoms with Gasteiger partial charge in [-0.25, -0.2) is 4.79 Å². The molecule has 71 heavy (non-hydrogen) atoms. The first-order valence-corrected chi connectivity index (χ1v) is 29.2. The number of nitro benzene ring substituents is 1. The molecule has 8 atom stereocenters. The van der Waals surface area contributed by atoms with Crippen molar-refractivity contribution in [2.45, 2.75) is 300 Å². The number of unbranched alkanes of at least 4 members (excludes halogenated alkanes) is 34. The maximum Gasteiger partial charge on any atom is 0.411 e. The fraction of sp³-hybridized carbons (Fsp3) is 0.877. The first-order valence-electron chi connectivity index (χ1n) is 29.2. The molecule has 14 heteroatoms. The van der Waals surface area contributed by atoms with E-state index in [1.807, 2.05) is 0 Å². The predicted octanol–water partition coefficient (Wildman–Crippen LogP) is 13.1. The summed E-state index contributed by atoms with van der Waals surface area (Å²) < 4.78 is 16.9. The van der Waals surface area contributed by atoms with E-state index in [9.17, 15) is 40.4 Å². The van der Waals surface area contributed by atoms with Crippen LogP contribution in [0.5, 0.6) is 0 Å². The van der Waals surface area contributed by atoms with Crippen molar-refractivity contribution in [3.05, 3.63) is 34.4 Å². The van der Waals surface area contributed by atoms with Crippen LogP contribution in [0.3, 0.4) is 0 Å². The Balaban J connectivity index is 1.71. The van der Waals surface area contributed by atoms with E-state index in [1.165, 1.54) is 211 Å². The molecular weight excluding hydrogens is 903 g/mol. The van der Waals surface area contributed by atoms with E-state index < -0.39 is 66.6 Å². The van der Waals surface area contributed by atoms with Gasteiger partial charge in [0.15, 0.2) is 6.29 Å². The van der Waals surface area contributed by atoms with Crippen molar-refractivity contribution in [3.8, 4) is 0 Å². The van der Waals surface area contributed by atoms with Crippen LogP contribution in [-0.2, 0) is 14.2 Å². The number of amides is 1. The number of hydrogen-bond acceptors (Lipinski definition) is 12. The van der Waals surface area contributed by atoms with Gasteiger partial charge in [0.05, 0.1) is 35.5 Å². The molecule has 0 bridgehead atoms. The molecular formula is C57H105N3O11. The Morgan fingerprint density at radius 2 is 1.04 bits per heavy atom. The Labute approximate surface area is 430 Å². The first-order chi connectivity index (χ1) is 34.6. The smallest absolute Gasteiger partial charge is 0.411 e. The van der Waals surface area contributed by atoms with Crippen molar-refractivity contribution in [1.29, 1.82) is 0 Å². The lowest BCUT2D eigenvalue weighted by Crippen LogP contribution is -2.60. The molecule has 14 nitrogen and oxygen atoms in total. The zero-order chi connectivity index (χ0) is 51.6. The normalized spacial score (nSPS) is 19.4. The molecule has 1 aromatic carbocycles. The summed E-state index contributed by atoms with van der Waals surface area (Å²) in [6.07, 6.45) is 35.7. The third-order valence-corrected chi connectivity index (χ3v) is 14.4. The third-order valence-electron chi connectivity index (χ3n) is 14.4. The second-order valence-corrected chi connectivity index (χ2v) is 20.8. The minimum atomic E-state index is -1.70. The largest absolute Gasteiger partial charge is 0.446 e. The highest BCUT2D eigenvalue weighted by Crippen LogP contribution is 2.25. The minimum Gasteiger partial charge on any atom is -0.446 e. The number of nitrogens with one attached hydrogen (secondary N) is 2. The van der Waals surface area contributed by atoms with Crippen LogP contribution in [0.25, 0.3) is 0 Å². The Morgan fingerprint density at radius 1 is 0.620 bits per heavy atom. The van der Waals surface area contributed by atoms with Crippen LogP contribution in [0.15, 0.2) is 24.3 Å². The molecule has 414 valence electrons. The lowest BCUT2D eigenvalue weighted by atomic mass is 9.98. The van der Waals surface area contributed by atoms with E-state index in [0.29, 0.717) is 13.0 Å². The first kappa shape index (κ1) is 64.7. The van der Waals surface area contributed by atoms with Gasteiger partial charge in [-0.3, -0.25) is 15.4 Å². The number of carbonyl (C=O) groups is 1. The quantitative estimate of drug-likeness (QED) is 0.0185. The van der Waals surface area contributed by atoms with Crippen LogP contribution < -0.4 is 10.6 Å². The second-order valence-electron chi connectivity index (χ2n) is 20.8. The van der Waals surface area contributed by atoms with Crippen LogP contribution in [0.4, 0.5) is 16.2 Å². The van der Waals surface area contributed by atoms with Gasteiger partial charge in [0, 0.05) is 12.1 Å². The van der Waals surface area contributed by atoms with E-state index in [2.05, 4.69) is 24.5 Å². The number of benzene rings is 1. The molecule has 0 unspecified atom stereocenters. The summed E-state index contributed by atoms with van der Waals surface area (Å²) in [5.41, 5.74) is -0.105. The number of carbonyl (C=O) groups excluding carboxylic acids is 1. The molecule has 0 radical (unpaired) electrons. The highest BCUT2D eigenvalue weighted by atomic mass is 16.7. The van der Waals surface area contributed by atoms with Crippen molar-refractivity contribution >= 4 is 17.5 Å². The molecule has 1 amide bonds. The summed E-state index contributed by atoms with van der Waals surface area (Å²) in [6.45, 7) is 4.39. The Hall–Kier alpha value is -2.43. The number of hydrogen-bond donors (Lipinski definition) is 7. The maximum atomic E-state index is 12.5. The summed E-state index contributed by atoms with van der Waals surface area (Å²) in [7, 11) is 0.